The van der Waals surface area contributed by atoms with Crippen LogP contribution in [0.15, 0.2) is 78.9 Å². The van der Waals surface area contributed by atoms with Crippen LogP contribution in [0.25, 0.3) is 0 Å². The van der Waals surface area contributed by atoms with Gasteiger partial charge in [-0.25, -0.2) is 0 Å². The van der Waals surface area contributed by atoms with E-state index in [1.165, 1.54) is 0 Å². The smallest absolute Gasteiger partial charge is 0.311 e. The van der Waals surface area contributed by atoms with E-state index in [0.29, 0.717) is 0 Å². The Morgan fingerprint density at radius 2 is 1.05 bits per heavy atom. The molecule has 0 radical (unpaired) electrons. The molecule has 20 heavy (non-hydrogen) atoms. The second kappa shape index (κ2) is 4.42. The van der Waals surface area contributed by atoms with Crippen molar-refractivity contribution in [1.82, 2.24) is 0 Å². The molecule has 0 saturated carbocycles. The molecule has 0 aromatic heterocycles. The summed E-state index contributed by atoms with van der Waals surface area (Å²) in [5.41, 5.74) is 0. The maximum atomic E-state index is 5.97. The van der Waals surface area contributed by atoms with Crippen molar-refractivity contribution in [1.29, 1.82) is 0 Å². The minimum Gasteiger partial charge on any atom is -0.494 e. The Kier molecular flexibility index (Phi) is 2.46. The number of hydrogen-bond donors (Lipinski definition) is 0. The van der Waals surface area contributed by atoms with Gasteiger partial charge in [-0.15, -0.1) is 0 Å². The predicted molar refractivity (Wildman–Crippen MR) is 78.9 cm³/mol. The average Bonchev–Trinajstić information content (AvgIpc) is 2.53. The molecule has 4 rings (SSSR count). The second-order valence-electron chi connectivity index (χ2n) is 4.61. The Labute approximate surface area is 117 Å². The first-order valence-electron chi connectivity index (χ1n) is 6.59. The van der Waals surface area contributed by atoms with E-state index < -0.39 is 0 Å². The van der Waals surface area contributed by atoms with Crippen molar-refractivity contribution >= 4 is 0 Å². The Bertz CT molecular complexity index is 705. The fourth-order valence-electron chi connectivity index (χ4n) is 2.45. The molecule has 0 fully saturated rings. The van der Waals surface area contributed by atoms with Gasteiger partial charge in [-0.1, -0.05) is 42.5 Å². The van der Waals surface area contributed by atoms with Crippen LogP contribution in [0.3, 0.4) is 0 Å². The number of ether oxygens (including phenoxy) is 1. The van der Waals surface area contributed by atoms with Crippen molar-refractivity contribution in [2.75, 3.05) is 0 Å². The average molecular weight is 261 g/mol. The molecule has 0 atom stereocenters. The molecular weight excluding hydrogens is 248 g/mol. The first-order valence-corrected chi connectivity index (χ1v) is 6.59. The van der Waals surface area contributed by atoms with Gasteiger partial charge in [0.2, 0.25) is 11.5 Å². The van der Waals surface area contributed by atoms with E-state index in [1.807, 2.05) is 66.7 Å². The second-order valence-corrected chi connectivity index (χ2v) is 4.61. The van der Waals surface area contributed by atoms with Crippen LogP contribution in [0.1, 0.15) is 0 Å². The number of fused-ring (bicyclic) bond motifs is 2. The lowest BCUT2D eigenvalue weighted by atomic mass is 10.2. The fraction of sp³-hybridized carbons (Fsp3) is 0. The Balaban J connectivity index is 1.98. The highest BCUT2D eigenvalue weighted by atomic mass is 16.7. The molecule has 0 amide bonds. The standard InChI is InChI=1S/C18H13O2/c1-2-8-14(9-3-1)20-17-12-6-4-10-15(17)19-16-11-5-7-13-18(16)20/h1-13H/q+1. The molecule has 2 nitrogen and oxygen atoms in total. The van der Waals surface area contributed by atoms with Crippen LogP contribution in [-0.4, -0.2) is 0 Å². The molecule has 1 heterocycles. The number of hydrogen-bond acceptors (Lipinski definition) is 1. The van der Waals surface area contributed by atoms with Crippen molar-refractivity contribution in [3.05, 3.63) is 78.9 Å². The lowest BCUT2D eigenvalue weighted by Crippen LogP contribution is -2.11. The van der Waals surface area contributed by atoms with E-state index in [1.54, 1.807) is 0 Å². The Morgan fingerprint density at radius 3 is 1.65 bits per heavy atom. The van der Waals surface area contributed by atoms with Crippen LogP contribution in [0.4, 0.5) is 0 Å². The zero-order chi connectivity index (χ0) is 13.4. The molecule has 0 N–H and O–H groups in total. The monoisotopic (exact) mass is 261 g/mol. The zero-order valence-corrected chi connectivity index (χ0v) is 10.8. The van der Waals surface area contributed by atoms with Gasteiger partial charge in [0.25, 0.3) is 5.75 Å². The lowest BCUT2D eigenvalue weighted by molar-refractivity contribution is 0.194. The van der Waals surface area contributed by atoms with Crippen LogP contribution < -0.4 is 9.10 Å². The molecule has 0 spiro atoms. The Hall–Kier alpha value is -2.74. The molecule has 96 valence electrons. The third-order valence-corrected chi connectivity index (χ3v) is 3.34. The van der Waals surface area contributed by atoms with Crippen molar-refractivity contribution in [2.45, 2.75) is 0 Å². The maximum Gasteiger partial charge on any atom is 0.311 e. The Morgan fingerprint density at radius 1 is 0.550 bits per heavy atom. The molecule has 1 aliphatic heterocycles. The summed E-state index contributed by atoms with van der Waals surface area (Å²) in [6.07, 6.45) is 0. The minimum atomic E-state index is 0.847. The summed E-state index contributed by atoms with van der Waals surface area (Å²) in [5, 5.41) is 0. The molecule has 1 aliphatic rings. The molecule has 0 aliphatic carbocycles. The lowest BCUT2D eigenvalue weighted by Gasteiger charge is -2.28. The first kappa shape index (κ1) is 11.1. The van der Waals surface area contributed by atoms with E-state index in [2.05, 4.69) is 16.5 Å². The molecule has 0 saturated heterocycles. The zero-order valence-electron chi connectivity index (χ0n) is 10.8. The van der Waals surface area contributed by atoms with Gasteiger partial charge in [-0.3, -0.25) is 0 Å². The molecule has 0 bridgehead atoms. The highest BCUT2D eigenvalue weighted by molar-refractivity contribution is 5.59. The van der Waals surface area contributed by atoms with E-state index in [-0.39, 0.29) is 0 Å². The maximum absolute atomic E-state index is 5.97. The summed E-state index contributed by atoms with van der Waals surface area (Å²) in [4.78, 5) is 0. The summed E-state index contributed by atoms with van der Waals surface area (Å²) in [7, 11) is 0. The number of benzene rings is 3. The third-order valence-electron chi connectivity index (χ3n) is 3.34. The van der Waals surface area contributed by atoms with Gasteiger partial charge < -0.3 is 9.10 Å². The van der Waals surface area contributed by atoms with Crippen LogP contribution >= 0.6 is 0 Å². The number of rotatable bonds is 1. The number of para-hydroxylation sites is 5. The summed E-state index contributed by atoms with van der Waals surface area (Å²) >= 11 is 0. The van der Waals surface area contributed by atoms with E-state index in [9.17, 15) is 0 Å². The van der Waals surface area contributed by atoms with E-state index in [0.717, 1.165) is 28.7 Å². The first-order chi connectivity index (χ1) is 9.93. The third kappa shape index (κ3) is 1.66. The van der Waals surface area contributed by atoms with Crippen LogP contribution in [0.2, 0.25) is 0 Å². The van der Waals surface area contributed by atoms with Gasteiger partial charge in [0.15, 0.2) is 0 Å². The predicted octanol–water partition coefficient (Wildman–Crippen LogP) is 5.53. The van der Waals surface area contributed by atoms with Crippen molar-refractivity contribution in [3.63, 3.8) is 0 Å². The van der Waals surface area contributed by atoms with Gasteiger partial charge in [-0.2, -0.15) is 0 Å². The molecule has 3 aromatic rings. The van der Waals surface area contributed by atoms with Crippen molar-refractivity contribution < 1.29 is 9.10 Å². The van der Waals surface area contributed by atoms with Gasteiger partial charge in [0.05, 0.1) is 0 Å². The minimum absolute atomic E-state index is 0.847. The topological polar surface area (TPSA) is 11.9 Å². The highest BCUT2D eigenvalue weighted by Gasteiger charge is 2.32. The van der Waals surface area contributed by atoms with Crippen LogP contribution in [-0.2, 0) is 0 Å². The largest absolute Gasteiger partial charge is 0.494 e. The van der Waals surface area contributed by atoms with Gasteiger partial charge >= 0.3 is 11.5 Å². The van der Waals surface area contributed by atoms with Gasteiger partial charge in [-0.05, 0) is 12.1 Å². The highest BCUT2D eigenvalue weighted by Crippen LogP contribution is 2.53. The summed E-state index contributed by atoms with van der Waals surface area (Å²) in [5.74, 6) is 4.71. The normalized spacial score (nSPS) is 12.3. The molecule has 3 aromatic carbocycles. The summed E-state index contributed by atoms with van der Waals surface area (Å²) in [6, 6.07) is 26.3. The molecule has 2 heteroatoms. The summed E-state index contributed by atoms with van der Waals surface area (Å²) < 4.78 is 9.19. The molecular formula is C18H13O2+. The van der Waals surface area contributed by atoms with Gasteiger partial charge in [0, 0.05) is 24.3 Å². The van der Waals surface area contributed by atoms with Crippen molar-refractivity contribution in [2.24, 2.45) is 0 Å². The van der Waals surface area contributed by atoms with E-state index in [4.69, 9.17) is 4.74 Å². The summed E-state index contributed by atoms with van der Waals surface area (Å²) in [6.45, 7) is 0. The van der Waals surface area contributed by atoms with Crippen molar-refractivity contribution in [3.8, 4) is 28.7 Å². The van der Waals surface area contributed by atoms with Crippen LogP contribution in [0.5, 0.6) is 28.7 Å². The van der Waals surface area contributed by atoms with E-state index >= 15 is 0 Å². The molecule has 0 unspecified atom stereocenters. The van der Waals surface area contributed by atoms with Crippen LogP contribution in [0, 0.1) is 0 Å². The quantitative estimate of drug-likeness (QED) is 0.410. The van der Waals surface area contributed by atoms with Gasteiger partial charge in [0.1, 0.15) is 0 Å². The SMILES string of the molecule is c1ccc([O+]2c3ccccc3Oc3ccccc32)cc1. The fourth-order valence-corrected chi connectivity index (χ4v) is 2.45.